The van der Waals surface area contributed by atoms with E-state index in [0.29, 0.717) is 0 Å². The maximum atomic E-state index is 3.51. The topological polar surface area (TPSA) is 12.0 Å². The number of nitrogens with one attached hydrogen (secondary N) is 1. The maximum absolute atomic E-state index is 3.51. The molecule has 0 amide bonds. The number of hydrogen-bond donors (Lipinski definition) is 1. The Bertz CT molecular complexity index is 366. The van der Waals surface area contributed by atoms with Crippen LogP contribution >= 0.6 is 0 Å². The van der Waals surface area contributed by atoms with Crippen molar-refractivity contribution in [3.8, 4) is 0 Å². The third-order valence-corrected chi connectivity index (χ3v) is 3.57. The summed E-state index contributed by atoms with van der Waals surface area (Å²) in [5.74, 6) is 1.64. The molecular weight excluding hydrogens is 182 g/mol. The molecule has 1 aromatic rings. The molecular formula is C14H17N. The van der Waals surface area contributed by atoms with Gasteiger partial charge in [0.15, 0.2) is 0 Å². The summed E-state index contributed by atoms with van der Waals surface area (Å²) >= 11 is 0. The SMILES string of the molecule is C1=C(c2ccccc2)CC2CNCC1C2. The van der Waals surface area contributed by atoms with Gasteiger partial charge in [0, 0.05) is 6.54 Å². The Labute approximate surface area is 91.2 Å². The van der Waals surface area contributed by atoms with Crippen LogP contribution in [-0.2, 0) is 0 Å². The lowest BCUT2D eigenvalue weighted by molar-refractivity contribution is 0.317. The minimum Gasteiger partial charge on any atom is -0.316 e. The van der Waals surface area contributed by atoms with Crippen molar-refractivity contribution in [1.29, 1.82) is 0 Å². The first-order valence-corrected chi connectivity index (χ1v) is 5.88. The van der Waals surface area contributed by atoms with Gasteiger partial charge in [-0.05, 0) is 42.4 Å². The number of rotatable bonds is 1. The predicted octanol–water partition coefficient (Wildman–Crippen LogP) is 2.70. The van der Waals surface area contributed by atoms with Gasteiger partial charge in [-0.1, -0.05) is 36.4 Å². The van der Waals surface area contributed by atoms with Gasteiger partial charge in [0.25, 0.3) is 0 Å². The number of hydrogen-bond acceptors (Lipinski definition) is 1. The van der Waals surface area contributed by atoms with Gasteiger partial charge in [-0.25, -0.2) is 0 Å². The van der Waals surface area contributed by atoms with Crippen molar-refractivity contribution in [1.82, 2.24) is 5.32 Å². The van der Waals surface area contributed by atoms with E-state index in [9.17, 15) is 0 Å². The summed E-state index contributed by atoms with van der Waals surface area (Å²) in [6, 6.07) is 10.8. The smallest absolute Gasteiger partial charge is 0.00146 e. The van der Waals surface area contributed by atoms with Crippen molar-refractivity contribution in [3.63, 3.8) is 0 Å². The molecule has 1 nitrogen and oxygen atoms in total. The van der Waals surface area contributed by atoms with Crippen LogP contribution in [0.4, 0.5) is 0 Å². The molecule has 2 bridgehead atoms. The van der Waals surface area contributed by atoms with Crippen LogP contribution < -0.4 is 5.32 Å². The van der Waals surface area contributed by atoms with E-state index in [2.05, 4.69) is 41.7 Å². The summed E-state index contributed by atoms with van der Waals surface area (Å²) in [5, 5.41) is 3.51. The summed E-state index contributed by atoms with van der Waals surface area (Å²) in [6.07, 6.45) is 5.13. The van der Waals surface area contributed by atoms with Gasteiger partial charge in [-0.15, -0.1) is 0 Å². The van der Waals surface area contributed by atoms with Gasteiger partial charge in [0.2, 0.25) is 0 Å². The fourth-order valence-electron chi connectivity index (χ4n) is 2.88. The molecule has 0 saturated carbocycles. The second kappa shape index (κ2) is 3.82. The summed E-state index contributed by atoms with van der Waals surface area (Å²) in [6.45, 7) is 2.38. The molecule has 0 aromatic heterocycles. The van der Waals surface area contributed by atoms with Crippen LogP contribution in [0.15, 0.2) is 36.4 Å². The first-order valence-electron chi connectivity index (χ1n) is 5.88. The zero-order valence-corrected chi connectivity index (χ0v) is 8.95. The van der Waals surface area contributed by atoms with E-state index in [1.165, 1.54) is 31.5 Å². The minimum atomic E-state index is 0.771. The zero-order chi connectivity index (χ0) is 10.1. The number of benzene rings is 1. The first kappa shape index (κ1) is 9.17. The largest absolute Gasteiger partial charge is 0.316 e. The van der Waals surface area contributed by atoms with E-state index < -0.39 is 0 Å². The molecule has 0 radical (unpaired) electrons. The van der Waals surface area contributed by atoms with Gasteiger partial charge in [0.05, 0.1) is 0 Å². The molecule has 2 unspecified atom stereocenters. The highest BCUT2D eigenvalue weighted by Crippen LogP contribution is 2.35. The third-order valence-electron chi connectivity index (χ3n) is 3.57. The van der Waals surface area contributed by atoms with Crippen molar-refractivity contribution in [2.45, 2.75) is 12.8 Å². The summed E-state index contributed by atoms with van der Waals surface area (Å²) in [4.78, 5) is 0. The van der Waals surface area contributed by atoms with E-state index in [0.717, 1.165) is 11.8 Å². The number of allylic oxidation sites excluding steroid dienone is 1. The average molecular weight is 199 g/mol. The van der Waals surface area contributed by atoms with Gasteiger partial charge >= 0.3 is 0 Å². The minimum absolute atomic E-state index is 0.771. The molecule has 2 atom stereocenters. The second-order valence-corrected chi connectivity index (χ2v) is 4.78. The fraction of sp³-hybridized carbons (Fsp3) is 0.429. The highest BCUT2D eigenvalue weighted by atomic mass is 14.9. The molecule has 0 spiro atoms. The molecule has 15 heavy (non-hydrogen) atoms. The van der Waals surface area contributed by atoms with Crippen molar-refractivity contribution in [2.75, 3.05) is 13.1 Å². The Kier molecular flexibility index (Phi) is 2.34. The lowest BCUT2D eigenvalue weighted by atomic mass is 9.78. The first-order chi connectivity index (χ1) is 7.42. The molecule has 78 valence electrons. The second-order valence-electron chi connectivity index (χ2n) is 4.78. The average Bonchev–Trinajstić information content (AvgIpc) is 2.30. The molecule has 1 aromatic carbocycles. The maximum Gasteiger partial charge on any atom is 0.00146 e. The molecule has 1 aliphatic heterocycles. The van der Waals surface area contributed by atoms with Crippen molar-refractivity contribution in [3.05, 3.63) is 42.0 Å². The van der Waals surface area contributed by atoms with Crippen molar-refractivity contribution >= 4 is 5.57 Å². The van der Waals surface area contributed by atoms with Crippen LogP contribution in [0, 0.1) is 11.8 Å². The Hall–Kier alpha value is -1.08. The Morgan fingerprint density at radius 1 is 1.07 bits per heavy atom. The van der Waals surface area contributed by atoms with E-state index in [1.807, 2.05) is 0 Å². The van der Waals surface area contributed by atoms with E-state index in [4.69, 9.17) is 0 Å². The van der Waals surface area contributed by atoms with E-state index in [1.54, 1.807) is 5.57 Å². The molecule has 1 saturated heterocycles. The lowest BCUT2D eigenvalue weighted by Crippen LogP contribution is -2.37. The predicted molar refractivity (Wildman–Crippen MR) is 63.5 cm³/mol. The normalized spacial score (nSPS) is 29.7. The molecule has 1 heterocycles. The van der Waals surface area contributed by atoms with Crippen LogP contribution in [0.1, 0.15) is 18.4 Å². The standard InChI is InChI=1S/C14H17N/c1-2-4-13(5-3-1)14-7-11-6-12(8-14)10-15-9-11/h1-5,7,11-12,15H,6,8-10H2. The summed E-state index contributed by atoms with van der Waals surface area (Å²) < 4.78 is 0. The molecule has 1 fully saturated rings. The molecule has 1 N–H and O–H groups in total. The van der Waals surface area contributed by atoms with Crippen molar-refractivity contribution < 1.29 is 0 Å². The van der Waals surface area contributed by atoms with Crippen molar-refractivity contribution in [2.24, 2.45) is 11.8 Å². The third kappa shape index (κ3) is 1.84. The highest BCUT2D eigenvalue weighted by Gasteiger charge is 2.26. The monoisotopic (exact) mass is 199 g/mol. The van der Waals surface area contributed by atoms with Gasteiger partial charge in [-0.2, -0.15) is 0 Å². The van der Waals surface area contributed by atoms with Gasteiger partial charge < -0.3 is 5.32 Å². The van der Waals surface area contributed by atoms with Crippen LogP contribution in [0.2, 0.25) is 0 Å². The van der Waals surface area contributed by atoms with Crippen LogP contribution in [0.3, 0.4) is 0 Å². The fourth-order valence-corrected chi connectivity index (χ4v) is 2.88. The number of fused-ring (bicyclic) bond motifs is 2. The summed E-state index contributed by atoms with van der Waals surface area (Å²) in [5.41, 5.74) is 2.99. The zero-order valence-electron chi connectivity index (χ0n) is 8.95. The molecule has 1 aliphatic carbocycles. The summed E-state index contributed by atoms with van der Waals surface area (Å²) in [7, 11) is 0. The lowest BCUT2D eigenvalue weighted by Gasteiger charge is -2.34. The molecule has 1 heteroatoms. The van der Waals surface area contributed by atoms with Gasteiger partial charge in [0.1, 0.15) is 0 Å². The van der Waals surface area contributed by atoms with Crippen LogP contribution in [-0.4, -0.2) is 13.1 Å². The van der Waals surface area contributed by atoms with E-state index >= 15 is 0 Å². The van der Waals surface area contributed by atoms with Gasteiger partial charge in [-0.3, -0.25) is 0 Å². The van der Waals surface area contributed by atoms with Crippen LogP contribution in [0.5, 0.6) is 0 Å². The molecule has 3 rings (SSSR count). The Morgan fingerprint density at radius 3 is 2.73 bits per heavy atom. The van der Waals surface area contributed by atoms with E-state index in [-0.39, 0.29) is 0 Å². The highest BCUT2D eigenvalue weighted by molar-refractivity contribution is 5.66. The number of piperidine rings is 1. The van der Waals surface area contributed by atoms with Crippen LogP contribution in [0.25, 0.3) is 5.57 Å². The Morgan fingerprint density at radius 2 is 1.93 bits per heavy atom. The Balaban J connectivity index is 1.91. The quantitative estimate of drug-likeness (QED) is 0.733. The molecule has 2 aliphatic rings.